The monoisotopic (exact) mass is 734 g/mol. The quantitative estimate of drug-likeness (QED) is 0.131. The topological polar surface area (TPSA) is 45.7 Å². The number of aryl methyl sites for hydroxylation is 2. The Hall–Kier alpha value is -7.64. The van der Waals surface area contributed by atoms with Gasteiger partial charge >= 0.3 is 0 Å². The molecule has 0 radical (unpaired) electrons. The first-order valence-electron chi connectivity index (χ1n) is 19.2. The number of imidazole rings is 1. The van der Waals surface area contributed by atoms with Crippen LogP contribution < -0.4 is 9.30 Å². The van der Waals surface area contributed by atoms with Crippen molar-refractivity contribution in [2.24, 2.45) is 14.1 Å². The molecule has 0 atom stereocenters. The van der Waals surface area contributed by atoms with Gasteiger partial charge in [0.05, 0.1) is 44.5 Å². The lowest BCUT2D eigenvalue weighted by molar-refractivity contribution is -0.572. The van der Waals surface area contributed by atoms with E-state index in [1.165, 1.54) is 49.0 Å². The summed E-state index contributed by atoms with van der Waals surface area (Å²) in [5.74, 6) is 2.32. The van der Waals surface area contributed by atoms with Crippen molar-refractivity contribution in [2.75, 3.05) is 0 Å². The zero-order chi connectivity index (χ0) is 37.8. The van der Waals surface area contributed by atoms with Gasteiger partial charge in [-0.25, -0.2) is 4.98 Å². The second-order valence-electron chi connectivity index (χ2n) is 14.7. The van der Waals surface area contributed by atoms with Crippen LogP contribution in [0.4, 0.5) is 0 Å². The molecule has 7 heteroatoms. The molecule has 0 fully saturated rings. The average molecular weight is 735 g/mol. The van der Waals surface area contributed by atoms with E-state index in [1.54, 1.807) is 0 Å². The number of pyridine rings is 1. The molecule has 7 aromatic carbocycles. The van der Waals surface area contributed by atoms with E-state index < -0.39 is 0 Å². The highest BCUT2D eigenvalue weighted by atomic mass is 16.5. The summed E-state index contributed by atoms with van der Waals surface area (Å²) in [6.45, 7) is 0. The Balaban J connectivity index is 1.10. The number of nitrogens with zero attached hydrogens (tertiary/aromatic N) is 6. The Kier molecular flexibility index (Phi) is 6.63. The maximum atomic E-state index is 6.78. The summed E-state index contributed by atoms with van der Waals surface area (Å²) in [7, 11) is 4.39. The first kappa shape index (κ1) is 31.7. The molecule has 0 aliphatic carbocycles. The number of hydrogen-bond donors (Lipinski definition) is 0. The van der Waals surface area contributed by atoms with Crippen LogP contribution in [0.2, 0.25) is 0 Å². The van der Waals surface area contributed by atoms with Crippen LogP contribution in [0.1, 0.15) is 0 Å². The van der Waals surface area contributed by atoms with Crippen LogP contribution in [0.25, 0.3) is 93.6 Å². The van der Waals surface area contributed by atoms with Crippen molar-refractivity contribution < 1.29 is 9.30 Å². The number of benzene rings is 7. The van der Waals surface area contributed by atoms with Crippen LogP contribution >= 0.6 is 0 Å². The van der Waals surface area contributed by atoms with E-state index in [2.05, 4.69) is 183 Å². The van der Waals surface area contributed by atoms with Crippen molar-refractivity contribution in [2.45, 2.75) is 0 Å². The minimum atomic E-state index is 0.733. The van der Waals surface area contributed by atoms with Gasteiger partial charge in [0.15, 0.2) is 0 Å². The standard InChI is InChI=1S/C50H34N6O/c1-52-39-21-8-6-19-36(39)45-46-37-20-7-9-22-40(37)53(2)49(46)50-47(48(45)52)38-27-26-35(30-43(38)56(50)44-25-12-13-28-51-44)57-34-18-14-17-33(29-34)55-31-54(32-15-4-3-5-16-32)41-23-10-11-24-42(41)55/h3-30H,1-2H3. The van der Waals surface area contributed by atoms with Gasteiger partial charge in [0.25, 0.3) is 6.33 Å². The van der Waals surface area contributed by atoms with Gasteiger partial charge in [-0.2, -0.15) is 0 Å². The van der Waals surface area contributed by atoms with E-state index in [9.17, 15) is 0 Å². The predicted molar refractivity (Wildman–Crippen MR) is 230 cm³/mol. The molecular formula is C50H34N6O. The lowest BCUT2D eigenvalue weighted by Crippen LogP contribution is -2.29. The largest absolute Gasteiger partial charge is 0.458 e. The minimum Gasteiger partial charge on any atom is -0.458 e. The van der Waals surface area contributed by atoms with Crippen molar-refractivity contribution in [3.63, 3.8) is 0 Å². The zero-order valence-corrected chi connectivity index (χ0v) is 31.3. The first-order chi connectivity index (χ1) is 28.1. The van der Waals surface area contributed by atoms with E-state index in [1.807, 2.05) is 30.5 Å². The molecule has 0 unspecified atom stereocenters. The van der Waals surface area contributed by atoms with E-state index in [-0.39, 0.29) is 0 Å². The summed E-state index contributed by atoms with van der Waals surface area (Å²) >= 11 is 0. The van der Waals surface area contributed by atoms with Gasteiger partial charge in [0, 0.05) is 69.7 Å². The van der Waals surface area contributed by atoms with Gasteiger partial charge in [-0.05, 0) is 66.7 Å². The van der Waals surface area contributed by atoms with Crippen molar-refractivity contribution >= 4 is 76.5 Å². The summed E-state index contributed by atoms with van der Waals surface area (Å²) in [6.07, 6.45) is 5.47. The van der Waals surface area contributed by atoms with Gasteiger partial charge in [-0.3, -0.25) is 13.7 Å². The Labute approximate surface area is 327 Å². The molecule has 7 nitrogen and oxygen atoms in total. The summed E-state index contributed by atoms with van der Waals surface area (Å²) in [4.78, 5) is 4.96. The smallest absolute Gasteiger partial charge is 0.269 e. The summed E-state index contributed by atoms with van der Waals surface area (Å²) < 4.78 is 18.0. The Bertz CT molecular complexity index is 3570. The second kappa shape index (κ2) is 11.9. The normalized spacial score (nSPS) is 12.0. The predicted octanol–water partition coefficient (Wildman–Crippen LogP) is 11.3. The third kappa shape index (κ3) is 4.48. The molecule has 0 N–H and O–H groups in total. The molecule has 0 saturated heterocycles. The molecule has 0 amide bonds. The molecule has 270 valence electrons. The van der Waals surface area contributed by atoms with Crippen molar-refractivity contribution in [1.29, 1.82) is 0 Å². The average Bonchev–Trinajstić information content (AvgIpc) is 3.98. The number of para-hydroxylation sites is 5. The van der Waals surface area contributed by atoms with Crippen LogP contribution in [0.3, 0.4) is 0 Å². The second-order valence-corrected chi connectivity index (χ2v) is 14.7. The van der Waals surface area contributed by atoms with Gasteiger partial charge in [0.2, 0.25) is 0 Å². The zero-order valence-electron chi connectivity index (χ0n) is 31.3. The van der Waals surface area contributed by atoms with E-state index in [0.29, 0.717) is 0 Å². The molecular weight excluding hydrogens is 701 g/mol. The first-order valence-corrected chi connectivity index (χ1v) is 19.2. The molecule has 12 rings (SSSR count). The Morgan fingerprint density at radius 2 is 1.16 bits per heavy atom. The van der Waals surface area contributed by atoms with Crippen molar-refractivity contribution in [3.05, 3.63) is 176 Å². The number of hydrogen-bond acceptors (Lipinski definition) is 2. The highest BCUT2D eigenvalue weighted by Gasteiger charge is 2.27. The summed E-state index contributed by atoms with van der Waals surface area (Å²) in [5, 5.41) is 7.34. The SMILES string of the molecule is Cn1c2ccccc2c2c3c4ccccc4n(C)c3c3c(c4ccc(Oc5cccc(-[n+]6[c-]n(-c7ccccc7)c7ccccc76)c5)cc4n3-c3ccccn3)c21. The third-order valence-corrected chi connectivity index (χ3v) is 11.6. The molecule has 57 heavy (non-hydrogen) atoms. The molecule has 0 spiro atoms. The summed E-state index contributed by atoms with van der Waals surface area (Å²) in [6, 6.07) is 57.1. The number of fused-ring (bicyclic) bond motifs is 13. The number of ether oxygens (including phenoxy) is 1. The van der Waals surface area contributed by atoms with Crippen LogP contribution in [-0.4, -0.2) is 23.3 Å². The van der Waals surface area contributed by atoms with Gasteiger partial charge in [0.1, 0.15) is 17.3 Å². The van der Waals surface area contributed by atoms with Crippen molar-refractivity contribution in [3.8, 4) is 28.7 Å². The number of rotatable bonds is 5. The fraction of sp³-hybridized carbons (Fsp3) is 0.0400. The van der Waals surface area contributed by atoms with E-state index >= 15 is 0 Å². The highest BCUT2D eigenvalue weighted by molar-refractivity contribution is 6.40. The Morgan fingerprint density at radius 1 is 0.509 bits per heavy atom. The maximum Gasteiger partial charge on any atom is 0.269 e. The summed E-state index contributed by atoms with van der Waals surface area (Å²) in [5.41, 5.74) is 11.1. The van der Waals surface area contributed by atoms with Crippen molar-refractivity contribution in [1.82, 2.24) is 23.3 Å². The molecule has 0 aliphatic rings. The van der Waals surface area contributed by atoms with Gasteiger partial charge < -0.3 is 13.9 Å². The fourth-order valence-electron chi connectivity index (χ4n) is 9.22. The molecule has 5 heterocycles. The van der Waals surface area contributed by atoms with E-state index in [0.717, 1.165) is 56.1 Å². The highest BCUT2D eigenvalue weighted by Crippen LogP contribution is 2.48. The van der Waals surface area contributed by atoms with Gasteiger partial charge in [-0.15, -0.1) is 0 Å². The molecule has 5 aromatic heterocycles. The lowest BCUT2D eigenvalue weighted by Gasteiger charge is -2.11. The molecule has 0 aliphatic heterocycles. The van der Waals surface area contributed by atoms with Crippen LogP contribution in [0, 0.1) is 6.33 Å². The molecule has 0 bridgehead atoms. The number of aromatic nitrogens is 6. The third-order valence-electron chi connectivity index (χ3n) is 11.6. The van der Waals surface area contributed by atoms with Crippen LogP contribution in [0.5, 0.6) is 11.5 Å². The van der Waals surface area contributed by atoms with Crippen LogP contribution in [-0.2, 0) is 14.1 Å². The van der Waals surface area contributed by atoms with E-state index in [4.69, 9.17) is 9.72 Å². The van der Waals surface area contributed by atoms with Gasteiger partial charge in [-0.1, -0.05) is 91.0 Å². The lowest BCUT2D eigenvalue weighted by atomic mass is 10.0. The maximum absolute atomic E-state index is 6.78. The van der Waals surface area contributed by atoms with Crippen LogP contribution in [0.15, 0.2) is 170 Å². The molecule has 12 aromatic rings. The fourth-order valence-corrected chi connectivity index (χ4v) is 9.22. The minimum absolute atomic E-state index is 0.733. The molecule has 0 saturated carbocycles. The Morgan fingerprint density at radius 3 is 1.93 bits per heavy atom.